The molecular formula is C10H9FN4OS. The van der Waals surface area contributed by atoms with Crippen LogP contribution in [-0.2, 0) is 6.54 Å². The van der Waals surface area contributed by atoms with Crippen LogP contribution in [0.1, 0.15) is 15.2 Å². The van der Waals surface area contributed by atoms with Gasteiger partial charge in [0.25, 0.3) is 5.91 Å². The fraction of sp³-hybridized carbons (Fsp3) is 0.100. The summed E-state index contributed by atoms with van der Waals surface area (Å²) < 4.78 is 12.9. The number of hydrogen-bond acceptors (Lipinski definition) is 5. The molecule has 0 bridgehead atoms. The Morgan fingerprint density at radius 3 is 3.06 bits per heavy atom. The number of nitrogens with one attached hydrogen (secondary N) is 1. The van der Waals surface area contributed by atoms with Crippen LogP contribution in [0.15, 0.2) is 24.0 Å². The smallest absolute Gasteiger partial charge is 0.255 e. The zero-order chi connectivity index (χ0) is 12.3. The Morgan fingerprint density at radius 2 is 2.35 bits per heavy atom. The maximum absolute atomic E-state index is 12.9. The van der Waals surface area contributed by atoms with E-state index in [-0.39, 0.29) is 11.4 Å². The number of nitrogens with two attached hydrogens (primary N) is 1. The molecular weight excluding hydrogens is 243 g/mol. The van der Waals surface area contributed by atoms with E-state index < -0.39 is 11.7 Å². The van der Waals surface area contributed by atoms with E-state index in [1.54, 1.807) is 11.7 Å². The quantitative estimate of drug-likeness (QED) is 0.859. The molecule has 0 spiro atoms. The first-order chi connectivity index (χ1) is 8.16. The van der Waals surface area contributed by atoms with Crippen LogP contribution < -0.4 is 11.1 Å². The summed E-state index contributed by atoms with van der Waals surface area (Å²) in [6, 6.07) is 1.06. The number of pyridine rings is 1. The molecule has 2 aromatic rings. The lowest BCUT2D eigenvalue weighted by atomic mass is 10.2. The first-order valence-electron chi connectivity index (χ1n) is 4.73. The van der Waals surface area contributed by atoms with Crippen molar-refractivity contribution in [2.75, 3.05) is 5.73 Å². The average molecular weight is 252 g/mol. The molecule has 0 aliphatic rings. The van der Waals surface area contributed by atoms with Gasteiger partial charge in [-0.2, -0.15) is 0 Å². The van der Waals surface area contributed by atoms with Gasteiger partial charge >= 0.3 is 0 Å². The molecule has 0 radical (unpaired) electrons. The van der Waals surface area contributed by atoms with E-state index in [0.717, 1.165) is 17.1 Å². The number of rotatable bonds is 3. The van der Waals surface area contributed by atoms with Crippen molar-refractivity contribution < 1.29 is 9.18 Å². The van der Waals surface area contributed by atoms with Crippen molar-refractivity contribution in [2.24, 2.45) is 0 Å². The van der Waals surface area contributed by atoms with Gasteiger partial charge in [-0.1, -0.05) is 0 Å². The number of anilines is 1. The van der Waals surface area contributed by atoms with Crippen molar-refractivity contribution in [3.05, 3.63) is 40.2 Å². The van der Waals surface area contributed by atoms with Gasteiger partial charge in [-0.25, -0.2) is 9.37 Å². The normalized spacial score (nSPS) is 10.2. The molecule has 3 N–H and O–H groups in total. The molecule has 17 heavy (non-hydrogen) atoms. The van der Waals surface area contributed by atoms with Crippen LogP contribution in [0.3, 0.4) is 0 Å². The van der Waals surface area contributed by atoms with Crippen LogP contribution in [-0.4, -0.2) is 15.9 Å². The van der Waals surface area contributed by atoms with Gasteiger partial charge in [0.2, 0.25) is 0 Å². The van der Waals surface area contributed by atoms with Gasteiger partial charge in [0, 0.05) is 11.1 Å². The van der Waals surface area contributed by atoms with Crippen LogP contribution in [0, 0.1) is 5.82 Å². The topological polar surface area (TPSA) is 80.9 Å². The number of halogens is 1. The molecule has 0 saturated carbocycles. The third-order valence-corrected chi connectivity index (χ3v) is 2.82. The van der Waals surface area contributed by atoms with E-state index in [0.29, 0.717) is 6.54 Å². The molecule has 0 fully saturated rings. The summed E-state index contributed by atoms with van der Waals surface area (Å²) in [4.78, 5) is 20.1. The van der Waals surface area contributed by atoms with Crippen molar-refractivity contribution in [3.8, 4) is 0 Å². The van der Waals surface area contributed by atoms with Crippen molar-refractivity contribution in [3.63, 3.8) is 0 Å². The van der Waals surface area contributed by atoms with E-state index in [1.165, 1.54) is 11.3 Å². The predicted molar refractivity (Wildman–Crippen MR) is 61.9 cm³/mol. The maximum atomic E-state index is 12.9. The Balaban J connectivity index is 2.07. The molecule has 0 saturated heterocycles. The number of hydrogen-bond donors (Lipinski definition) is 2. The second-order valence-corrected chi connectivity index (χ2v) is 4.21. The monoisotopic (exact) mass is 252 g/mol. The fourth-order valence-corrected chi connectivity index (χ4v) is 1.76. The number of amides is 1. The largest absolute Gasteiger partial charge is 0.383 e. The first kappa shape index (κ1) is 11.5. The van der Waals surface area contributed by atoms with Gasteiger partial charge < -0.3 is 11.1 Å². The van der Waals surface area contributed by atoms with Crippen LogP contribution in [0.5, 0.6) is 0 Å². The number of carbonyl (C=O) groups excluding carboxylic acids is 1. The Hall–Kier alpha value is -2.02. The van der Waals surface area contributed by atoms with Crippen molar-refractivity contribution >= 4 is 23.1 Å². The van der Waals surface area contributed by atoms with Crippen LogP contribution in [0.2, 0.25) is 0 Å². The van der Waals surface area contributed by atoms with Crippen molar-refractivity contribution in [1.29, 1.82) is 0 Å². The standard InChI is InChI=1S/C10H9FN4OS/c11-6-1-8(9(12)14-2-6)10(16)15-4-7-3-13-5-17-7/h1-3,5H,4H2,(H2,12,14)(H,15,16). The molecule has 1 amide bonds. The number of aromatic nitrogens is 2. The average Bonchev–Trinajstić information content (AvgIpc) is 2.82. The van der Waals surface area contributed by atoms with E-state index >= 15 is 0 Å². The number of nitrogen functional groups attached to an aromatic ring is 1. The molecule has 0 aliphatic carbocycles. The minimum absolute atomic E-state index is 0.00760. The number of thiazole rings is 1. The van der Waals surface area contributed by atoms with Crippen LogP contribution in [0.4, 0.5) is 10.2 Å². The van der Waals surface area contributed by atoms with Gasteiger partial charge in [-0.15, -0.1) is 11.3 Å². The van der Waals surface area contributed by atoms with E-state index in [2.05, 4.69) is 15.3 Å². The summed E-state index contributed by atoms with van der Waals surface area (Å²) >= 11 is 1.42. The fourth-order valence-electron chi connectivity index (χ4n) is 1.22. The van der Waals surface area contributed by atoms with E-state index in [9.17, 15) is 9.18 Å². The minimum atomic E-state index is -0.595. The molecule has 0 aliphatic heterocycles. The third-order valence-electron chi connectivity index (χ3n) is 2.04. The Kier molecular flexibility index (Phi) is 3.29. The summed E-state index contributed by atoms with van der Waals surface area (Å²) in [7, 11) is 0. The SMILES string of the molecule is Nc1ncc(F)cc1C(=O)NCc1cncs1. The van der Waals surface area contributed by atoms with Crippen LogP contribution in [0.25, 0.3) is 0 Å². The summed E-state index contributed by atoms with van der Waals surface area (Å²) in [5.74, 6) is -1.04. The minimum Gasteiger partial charge on any atom is -0.383 e. The van der Waals surface area contributed by atoms with E-state index in [1.807, 2.05) is 0 Å². The summed E-state index contributed by atoms with van der Waals surface area (Å²) in [5.41, 5.74) is 7.19. The summed E-state index contributed by atoms with van der Waals surface area (Å²) in [6.07, 6.45) is 2.62. The van der Waals surface area contributed by atoms with E-state index in [4.69, 9.17) is 5.73 Å². The first-order valence-corrected chi connectivity index (χ1v) is 5.61. The Labute approximate surface area is 101 Å². The highest BCUT2D eigenvalue weighted by Crippen LogP contribution is 2.10. The van der Waals surface area contributed by atoms with Gasteiger partial charge in [0.05, 0.1) is 23.8 Å². The Bertz CT molecular complexity index is 529. The summed E-state index contributed by atoms with van der Waals surface area (Å²) in [6.45, 7) is 0.333. The van der Waals surface area contributed by atoms with Gasteiger partial charge in [0.1, 0.15) is 11.6 Å². The lowest BCUT2D eigenvalue weighted by molar-refractivity contribution is 0.0951. The molecule has 0 unspecified atom stereocenters. The van der Waals surface area contributed by atoms with Gasteiger partial charge in [-0.05, 0) is 6.07 Å². The van der Waals surface area contributed by atoms with Crippen molar-refractivity contribution in [2.45, 2.75) is 6.54 Å². The lowest BCUT2D eigenvalue weighted by Crippen LogP contribution is -2.24. The van der Waals surface area contributed by atoms with Crippen LogP contribution >= 0.6 is 11.3 Å². The molecule has 2 heterocycles. The highest BCUT2D eigenvalue weighted by Gasteiger charge is 2.11. The lowest BCUT2D eigenvalue weighted by Gasteiger charge is -2.05. The Morgan fingerprint density at radius 1 is 1.53 bits per heavy atom. The van der Waals surface area contributed by atoms with Crippen molar-refractivity contribution in [1.82, 2.24) is 15.3 Å². The maximum Gasteiger partial charge on any atom is 0.255 e. The van der Waals surface area contributed by atoms with Gasteiger partial charge in [0.15, 0.2) is 0 Å². The molecule has 88 valence electrons. The highest BCUT2D eigenvalue weighted by molar-refractivity contribution is 7.09. The zero-order valence-electron chi connectivity index (χ0n) is 8.68. The number of carbonyl (C=O) groups is 1. The predicted octanol–water partition coefficient (Wildman–Crippen LogP) is 1.19. The second-order valence-electron chi connectivity index (χ2n) is 3.24. The summed E-state index contributed by atoms with van der Waals surface area (Å²) in [5, 5.41) is 2.61. The molecule has 7 heteroatoms. The van der Waals surface area contributed by atoms with Gasteiger partial charge in [-0.3, -0.25) is 9.78 Å². The molecule has 2 aromatic heterocycles. The molecule has 0 aromatic carbocycles. The highest BCUT2D eigenvalue weighted by atomic mass is 32.1. The second kappa shape index (κ2) is 4.88. The molecule has 0 atom stereocenters. The molecule has 2 rings (SSSR count). The third kappa shape index (κ3) is 2.76. The number of nitrogens with zero attached hydrogens (tertiary/aromatic N) is 2. The zero-order valence-corrected chi connectivity index (χ0v) is 9.50. The molecule has 5 nitrogen and oxygen atoms in total.